The van der Waals surface area contributed by atoms with Gasteiger partial charge in [0, 0.05) is 38.6 Å². The molecule has 2 amide bonds. The maximum Gasteiger partial charge on any atom is 0.317 e. The lowest BCUT2D eigenvalue weighted by atomic mass is 10.0. The fraction of sp³-hybridized carbons (Fsp3) is 0.556. The highest BCUT2D eigenvalue weighted by atomic mass is 16.5. The van der Waals surface area contributed by atoms with Gasteiger partial charge in [-0.15, -0.1) is 0 Å². The van der Waals surface area contributed by atoms with Gasteiger partial charge in [-0.2, -0.15) is 0 Å². The summed E-state index contributed by atoms with van der Waals surface area (Å²) in [5.41, 5.74) is 1.08. The van der Waals surface area contributed by atoms with Gasteiger partial charge in [0.05, 0.1) is 6.61 Å². The summed E-state index contributed by atoms with van der Waals surface area (Å²) in [5, 5.41) is 11.9. The molecule has 1 aromatic carbocycles. The molecule has 2 rings (SSSR count). The number of urea groups is 1. The van der Waals surface area contributed by atoms with Gasteiger partial charge in [0.15, 0.2) is 0 Å². The minimum absolute atomic E-state index is 0.0396. The normalized spacial score (nSPS) is 18.1. The number of nitrogens with one attached hydrogen (secondary N) is 1. The molecule has 6 heteroatoms. The zero-order valence-electron chi connectivity index (χ0n) is 14.1. The fourth-order valence-electron chi connectivity index (χ4n) is 2.90. The van der Waals surface area contributed by atoms with E-state index in [0.717, 1.165) is 18.6 Å². The monoisotopic (exact) mass is 334 g/mol. The van der Waals surface area contributed by atoms with E-state index in [0.29, 0.717) is 31.9 Å². The van der Waals surface area contributed by atoms with Gasteiger partial charge in [-0.1, -0.05) is 30.3 Å². The number of carbonyl (C=O) groups is 2. The van der Waals surface area contributed by atoms with Crippen LogP contribution < -0.4 is 5.32 Å². The third-order valence-corrected chi connectivity index (χ3v) is 4.26. The minimum Gasteiger partial charge on any atom is -0.481 e. The van der Waals surface area contributed by atoms with Crippen molar-refractivity contribution in [1.82, 2.24) is 10.2 Å². The molecule has 1 aromatic rings. The van der Waals surface area contributed by atoms with E-state index in [1.165, 1.54) is 0 Å². The van der Waals surface area contributed by atoms with Crippen molar-refractivity contribution in [2.24, 2.45) is 5.92 Å². The zero-order chi connectivity index (χ0) is 17.4. The summed E-state index contributed by atoms with van der Waals surface area (Å²) in [7, 11) is 1.77. The van der Waals surface area contributed by atoms with Crippen LogP contribution in [0.5, 0.6) is 0 Å². The van der Waals surface area contributed by atoms with Crippen molar-refractivity contribution in [3.63, 3.8) is 0 Å². The van der Waals surface area contributed by atoms with Gasteiger partial charge >= 0.3 is 12.0 Å². The number of nitrogens with zero attached hydrogens (tertiary/aromatic N) is 1. The molecule has 132 valence electrons. The van der Waals surface area contributed by atoms with E-state index in [4.69, 9.17) is 9.84 Å². The SMILES string of the molecule is CN(CC1CCOC1)C(=O)NC(CCC(=O)O)Cc1ccccc1. The Bertz CT molecular complexity index is 529. The summed E-state index contributed by atoms with van der Waals surface area (Å²) in [6, 6.07) is 9.44. The van der Waals surface area contributed by atoms with Crippen LogP contribution in [0.2, 0.25) is 0 Å². The maximum atomic E-state index is 12.4. The van der Waals surface area contributed by atoms with Crippen molar-refractivity contribution < 1.29 is 19.4 Å². The van der Waals surface area contributed by atoms with Crippen molar-refractivity contribution in [2.75, 3.05) is 26.8 Å². The smallest absolute Gasteiger partial charge is 0.317 e. The first-order chi connectivity index (χ1) is 11.5. The number of carboxylic acid groups (broad SMARTS) is 1. The number of carboxylic acids is 1. The number of amides is 2. The molecule has 2 atom stereocenters. The average Bonchev–Trinajstić information content (AvgIpc) is 3.06. The van der Waals surface area contributed by atoms with Crippen LogP contribution >= 0.6 is 0 Å². The quantitative estimate of drug-likeness (QED) is 0.763. The molecule has 6 nitrogen and oxygen atoms in total. The lowest BCUT2D eigenvalue weighted by Crippen LogP contribution is -2.45. The standard InChI is InChI=1S/C18H26N2O4/c1-20(12-15-9-10-24-13-15)18(23)19-16(7-8-17(21)22)11-14-5-3-2-4-6-14/h2-6,15-16H,7-13H2,1H3,(H,19,23)(H,21,22). The molecule has 1 saturated heterocycles. The Labute approximate surface area is 142 Å². The van der Waals surface area contributed by atoms with Crippen molar-refractivity contribution in [3.05, 3.63) is 35.9 Å². The first kappa shape index (κ1) is 18.3. The van der Waals surface area contributed by atoms with E-state index in [2.05, 4.69) is 5.32 Å². The van der Waals surface area contributed by atoms with Gasteiger partial charge in [-0.05, 0) is 24.8 Å². The molecule has 2 unspecified atom stereocenters. The van der Waals surface area contributed by atoms with E-state index in [1.807, 2.05) is 30.3 Å². The highest BCUT2D eigenvalue weighted by Gasteiger charge is 2.22. The van der Waals surface area contributed by atoms with Crippen LogP contribution in [0.15, 0.2) is 30.3 Å². The number of ether oxygens (including phenoxy) is 1. The molecular weight excluding hydrogens is 308 g/mol. The predicted molar refractivity (Wildman–Crippen MR) is 90.9 cm³/mol. The number of aliphatic carboxylic acids is 1. The summed E-state index contributed by atoms with van der Waals surface area (Å²) in [4.78, 5) is 24.9. The first-order valence-electron chi connectivity index (χ1n) is 8.39. The lowest BCUT2D eigenvalue weighted by molar-refractivity contribution is -0.137. The van der Waals surface area contributed by atoms with Crippen LogP contribution in [0, 0.1) is 5.92 Å². The second kappa shape index (κ2) is 9.27. The van der Waals surface area contributed by atoms with Gasteiger partial charge in [-0.3, -0.25) is 4.79 Å². The molecule has 0 aromatic heterocycles. The van der Waals surface area contributed by atoms with Crippen LogP contribution in [-0.4, -0.2) is 54.9 Å². The first-order valence-corrected chi connectivity index (χ1v) is 8.39. The Morgan fingerprint density at radius 2 is 2.12 bits per heavy atom. The molecule has 1 heterocycles. The number of benzene rings is 1. The van der Waals surface area contributed by atoms with E-state index < -0.39 is 5.97 Å². The summed E-state index contributed by atoms with van der Waals surface area (Å²) in [5.74, 6) is -0.467. The van der Waals surface area contributed by atoms with Gasteiger partial charge < -0.3 is 20.1 Å². The summed E-state index contributed by atoms with van der Waals surface area (Å²) in [6.45, 7) is 2.11. The number of carbonyl (C=O) groups excluding carboxylic acids is 1. The molecule has 0 aliphatic carbocycles. The van der Waals surface area contributed by atoms with Crippen LogP contribution in [0.25, 0.3) is 0 Å². The Kier molecular flexibility index (Phi) is 7.06. The number of hydrogen-bond donors (Lipinski definition) is 2. The molecule has 0 bridgehead atoms. The van der Waals surface area contributed by atoms with Gasteiger partial charge in [0.1, 0.15) is 0 Å². The second-order valence-electron chi connectivity index (χ2n) is 6.38. The molecule has 24 heavy (non-hydrogen) atoms. The third kappa shape index (κ3) is 6.20. The van der Waals surface area contributed by atoms with Crippen LogP contribution in [-0.2, 0) is 16.0 Å². The van der Waals surface area contributed by atoms with E-state index in [1.54, 1.807) is 11.9 Å². The van der Waals surface area contributed by atoms with E-state index >= 15 is 0 Å². The van der Waals surface area contributed by atoms with E-state index in [9.17, 15) is 9.59 Å². The summed E-state index contributed by atoms with van der Waals surface area (Å²) < 4.78 is 5.34. The fourth-order valence-corrected chi connectivity index (χ4v) is 2.90. The maximum absolute atomic E-state index is 12.4. The number of rotatable bonds is 8. The second-order valence-corrected chi connectivity index (χ2v) is 6.38. The van der Waals surface area contributed by atoms with E-state index in [-0.39, 0.29) is 18.5 Å². The molecule has 0 spiro atoms. The van der Waals surface area contributed by atoms with Crippen molar-refractivity contribution in [1.29, 1.82) is 0 Å². The summed E-state index contributed by atoms with van der Waals surface area (Å²) in [6.07, 6.45) is 2.05. The molecule has 1 aliphatic rings. The summed E-state index contributed by atoms with van der Waals surface area (Å²) >= 11 is 0. The van der Waals surface area contributed by atoms with Crippen molar-refractivity contribution in [2.45, 2.75) is 31.7 Å². The Morgan fingerprint density at radius 1 is 1.38 bits per heavy atom. The zero-order valence-corrected chi connectivity index (χ0v) is 14.1. The van der Waals surface area contributed by atoms with Gasteiger partial charge in [0.2, 0.25) is 0 Å². The Balaban J connectivity index is 1.89. The molecule has 1 aliphatic heterocycles. The molecule has 1 fully saturated rings. The molecule has 0 saturated carbocycles. The van der Waals surface area contributed by atoms with Crippen molar-refractivity contribution >= 4 is 12.0 Å². The minimum atomic E-state index is -0.848. The largest absolute Gasteiger partial charge is 0.481 e. The highest BCUT2D eigenvalue weighted by Crippen LogP contribution is 2.14. The van der Waals surface area contributed by atoms with Crippen LogP contribution in [0.3, 0.4) is 0 Å². The van der Waals surface area contributed by atoms with Gasteiger partial charge in [0.25, 0.3) is 0 Å². The molecule has 0 radical (unpaired) electrons. The van der Waals surface area contributed by atoms with Crippen LogP contribution in [0.4, 0.5) is 4.79 Å². The van der Waals surface area contributed by atoms with Crippen LogP contribution in [0.1, 0.15) is 24.8 Å². The Hall–Kier alpha value is -2.08. The lowest BCUT2D eigenvalue weighted by Gasteiger charge is -2.25. The molecule has 2 N–H and O–H groups in total. The topological polar surface area (TPSA) is 78.9 Å². The number of hydrogen-bond acceptors (Lipinski definition) is 3. The third-order valence-electron chi connectivity index (χ3n) is 4.26. The predicted octanol–water partition coefficient (Wildman–Crippen LogP) is 2.14. The Morgan fingerprint density at radius 3 is 2.75 bits per heavy atom. The average molecular weight is 334 g/mol. The van der Waals surface area contributed by atoms with Crippen molar-refractivity contribution in [3.8, 4) is 0 Å². The van der Waals surface area contributed by atoms with Gasteiger partial charge in [-0.25, -0.2) is 4.79 Å². The molecular formula is C18H26N2O4. The highest BCUT2D eigenvalue weighted by molar-refractivity contribution is 5.74.